The number of carbonyl (C=O) groups is 1. The number of aromatic nitrogens is 1. The molecule has 3 nitrogen and oxygen atoms in total. The van der Waals surface area contributed by atoms with E-state index in [0.717, 1.165) is 31.6 Å². The molecule has 0 unspecified atom stereocenters. The average molecular weight is 209 g/mol. The molecular formula is C12H19NO2. The van der Waals surface area contributed by atoms with Gasteiger partial charge in [-0.3, -0.25) is 4.79 Å². The van der Waals surface area contributed by atoms with E-state index in [9.17, 15) is 4.79 Å². The maximum atomic E-state index is 11.4. The molecule has 1 heterocycles. The summed E-state index contributed by atoms with van der Waals surface area (Å²) in [6, 6.07) is 1.89. The van der Waals surface area contributed by atoms with Crippen molar-refractivity contribution in [2.45, 2.75) is 32.7 Å². The molecule has 0 spiro atoms. The largest absolute Gasteiger partial charge is 0.385 e. The third kappa shape index (κ3) is 3.88. The lowest BCUT2D eigenvalue weighted by atomic mass is 10.2. The Balaban J connectivity index is 2.36. The summed E-state index contributed by atoms with van der Waals surface area (Å²) in [7, 11) is 1.72. The van der Waals surface area contributed by atoms with E-state index in [-0.39, 0.29) is 5.78 Å². The number of carbonyl (C=O) groups excluding carboxylic acids is 1. The Kier molecular flexibility index (Phi) is 5.12. The topological polar surface area (TPSA) is 31.2 Å². The zero-order valence-corrected chi connectivity index (χ0v) is 9.53. The number of methoxy groups -OCH3 is 1. The Bertz CT molecular complexity index is 304. The molecule has 3 heteroatoms. The van der Waals surface area contributed by atoms with E-state index < -0.39 is 0 Å². The average Bonchev–Trinajstić information content (AvgIpc) is 2.72. The first-order valence-electron chi connectivity index (χ1n) is 5.46. The van der Waals surface area contributed by atoms with Crippen LogP contribution in [0.3, 0.4) is 0 Å². The molecule has 15 heavy (non-hydrogen) atoms. The van der Waals surface area contributed by atoms with Gasteiger partial charge in [0.2, 0.25) is 0 Å². The number of unbranched alkanes of at least 4 members (excludes halogenated alkanes) is 1. The first kappa shape index (κ1) is 12.0. The van der Waals surface area contributed by atoms with Crippen molar-refractivity contribution in [1.82, 2.24) is 4.57 Å². The molecule has 0 N–H and O–H groups in total. The highest BCUT2D eigenvalue weighted by molar-refractivity contribution is 5.95. The number of ketones is 1. The number of hydrogen-bond donors (Lipinski definition) is 0. The number of nitrogens with zero attached hydrogens (tertiary/aromatic N) is 1. The van der Waals surface area contributed by atoms with Gasteiger partial charge in [-0.05, 0) is 18.9 Å². The fourth-order valence-corrected chi connectivity index (χ4v) is 1.49. The summed E-state index contributed by atoms with van der Waals surface area (Å²) in [4.78, 5) is 11.4. The highest BCUT2D eigenvalue weighted by Gasteiger charge is 2.04. The van der Waals surface area contributed by atoms with Crippen LogP contribution in [0.1, 0.15) is 36.5 Å². The fraction of sp³-hybridized carbons (Fsp3) is 0.583. The predicted molar refractivity (Wildman–Crippen MR) is 60.2 cm³/mol. The van der Waals surface area contributed by atoms with E-state index in [4.69, 9.17) is 4.74 Å². The lowest BCUT2D eigenvalue weighted by molar-refractivity contribution is 0.0988. The summed E-state index contributed by atoms with van der Waals surface area (Å²) in [5, 5.41) is 0. The highest BCUT2D eigenvalue weighted by Crippen LogP contribution is 2.06. The lowest BCUT2D eigenvalue weighted by Gasteiger charge is -2.01. The van der Waals surface area contributed by atoms with Crippen LogP contribution in [0.2, 0.25) is 0 Å². The quantitative estimate of drug-likeness (QED) is 0.510. The van der Waals surface area contributed by atoms with Crippen LogP contribution in [0.4, 0.5) is 0 Å². The first-order chi connectivity index (χ1) is 7.27. The van der Waals surface area contributed by atoms with Gasteiger partial charge in [-0.25, -0.2) is 0 Å². The minimum atomic E-state index is 0.214. The van der Waals surface area contributed by atoms with Gasteiger partial charge < -0.3 is 9.30 Å². The molecular weight excluding hydrogens is 190 g/mol. The second-order valence-electron chi connectivity index (χ2n) is 3.61. The number of aryl methyl sites for hydroxylation is 1. The van der Waals surface area contributed by atoms with E-state index >= 15 is 0 Å². The van der Waals surface area contributed by atoms with Crippen LogP contribution in [0, 0.1) is 0 Å². The summed E-state index contributed by atoms with van der Waals surface area (Å²) in [5.41, 5.74) is 0.823. The van der Waals surface area contributed by atoms with E-state index in [1.54, 1.807) is 7.11 Å². The Morgan fingerprint density at radius 1 is 1.47 bits per heavy atom. The molecule has 0 aliphatic rings. The van der Waals surface area contributed by atoms with Crippen molar-refractivity contribution in [3.63, 3.8) is 0 Å². The Hall–Kier alpha value is -1.09. The van der Waals surface area contributed by atoms with Crippen molar-refractivity contribution in [2.24, 2.45) is 0 Å². The van der Waals surface area contributed by atoms with Gasteiger partial charge in [0.25, 0.3) is 0 Å². The number of Topliss-reactive ketones (excluding diaryl/α,β-unsaturated/α-hetero) is 1. The van der Waals surface area contributed by atoms with E-state index in [1.807, 2.05) is 25.4 Å². The van der Waals surface area contributed by atoms with Gasteiger partial charge in [0.15, 0.2) is 5.78 Å². The van der Waals surface area contributed by atoms with Crippen LogP contribution in [0.15, 0.2) is 18.5 Å². The SMILES string of the molecule is CCC(=O)c1ccn(CCCCOC)c1. The van der Waals surface area contributed by atoms with E-state index in [2.05, 4.69) is 4.57 Å². The fourth-order valence-electron chi connectivity index (χ4n) is 1.49. The zero-order chi connectivity index (χ0) is 11.1. The molecule has 0 aromatic carbocycles. The maximum Gasteiger partial charge on any atom is 0.164 e. The predicted octanol–water partition coefficient (Wildman–Crippen LogP) is 2.51. The smallest absolute Gasteiger partial charge is 0.164 e. The second-order valence-corrected chi connectivity index (χ2v) is 3.61. The molecule has 1 rings (SSSR count). The summed E-state index contributed by atoms with van der Waals surface area (Å²) >= 11 is 0. The van der Waals surface area contributed by atoms with Crippen LogP contribution in [-0.4, -0.2) is 24.1 Å². The van der Waals surface area contributed by atoms with Crippen molar-refractivity contribution in [1.29, 1.82) is 0 Å². The van der Waals surface area contributed by atoms with Crippen LogP contribution in [0.5, 0.6) is 0 Å². The maximum absolute atomic E-state index is 11.4. The summed E-state index contributed by atoms with van der Waals surface area (Å²) in [6.45, 7) is 3.65. The molecule has 0 aliphatic carbocycles. The monoisotopic (exact) mass is 209 g/mol. The standard InChI is InChI=1S/C12H19NO2/c1-3-12(14)11-6-8-13(10-11)7-4-5-9-15-2/h6,8,10H,3-5,7,9H2,1-2H3. The lowest BCUT2D eigenvalue weighted by Crippen LogP contribution is -1.98. The van der Waals surface area contributed by atoms with Gasteiger partial charge in [-0.2, -0.15) is 0 Å². The molecule has 0 saturated heterocycles. The Morgan fingerprint density at radius 3 is 2.93 bits per heavy atom. The van der Waals surface area contributed by atoms with Crippen molar-refractivity contribution >= 4 is 5.78 Å². The molecule has 0 amide bonds. The molecule has 1 aromatic heterocycles. The molecule has 0 atom stereocenters. The molecule has 0 saturated carbocycles. The van der Waals surface area contributed by atoms with Crippen LogP contribution in [0.25, 0.3) is 0 Å². The summed E-state index contributed by atoms with van der Waals surface area (Å²) in [6.07, 6.45) is 6.62. The van der Waals surface area contributed by atoms with Gasteiger partial charge in [0.1, 0.15) is 0 Å². The third-order valence-corrected chi connectivity index (χ3v) is 2.41. The minimum absolute atomic E-state index is 0.214. The molecule has 1 aromatic rings. The zero-order valence-electron chi connectivity index (χ0n) is 9.53. The van der Waals surface area contributed by atoms with Gasteiger partial charge in [-0.1, -0.05) is 6.92 Å². The van der Waals surface area contributed by atoms with Gasteiger partial charge >= 0.3 is 0 Å². The van der Waals surface area contributed by atoms with Crippen molar-refractivity contribution in [2.75, 3.05) is 13.7 Å². The first-order valence-corrected chi connectivity index (χ1v) is 5.46. The molecule has 84 valence electrons. The number of ether oxygens (including phenoxy) is 1. The van der Waals surface area contributed by atoms with Crippen molar-refractivity contribution in [3.05, 3.63) is 24.0 Å². The Morgan fingerprint density at radius 2 is 2.27 bits per heavy atom. The minimum Gasteiger partial charge on any atom is -0.385 e. The molecule has 0 bridgehead atoms. The second kappa shape index (κ2) is 6.40. The Labute approximate surface area is 91.0 Å². The van der Waals surface area contributed by atoms with Gasteiger partial charge in [0.05, 0.1) is 0 Å². The summed E-state index contributed by atoms with van der Waals surface area (Å²) in [5.74, 6) is 0.214. The third-order valence-electron chi connectivity index (χ3n) is 2.41. The van der Waals surface area contributed by atoms with Gasteiger partial charge in [-0.15, -0.1) is 0 Å². The van der Waals surface area contributed by atoms with E-state index in [0.29, 0.717) is 6.42 Å². The van der Waals surface area contributed by atoms with E-state index in [1.165, 1.54) is 0 Å². The summed E-state index contributed by atoms with van der Waals surface area (Å²) < 4.78 is 7.05. The van der Waals surface area contributed by atoms with Crippen molar-refractivity contribution < 1.29 is 9.53 Å². The molecule has 0 aliphatic heterocycles. The molecule has 0 fully saturated rings. The normalized spacial score (nSPS) is 10.5. The van der Waals surface area contributed by atoms with Crippen LogP contribution < -0.4 is 0 Å². The number of rotatable bonds is 7. The highest BCUT2D eigenvalue weighted by atomic mass is 16.5. The molecule has 0 radical (unpaired) electrons. The van der Waals surface area contributed by atoms with Crippen LogP contribution >= 0.6 is 0 Å². The van der Waals surface area contributed by atoms with Crippen molar-refractivity contribution in [3.8, 4) is 0 Å². The number of hydrogen-bond acceptors (Lipinski definition) is 2. The van der Waals surface area contributed by atoms with Crippen LogP contribution in [-0.2, 0) is 11.3 Å². The van der Waals surface area contributed by atoms with Gasteiger partial charge in [0, 0.05) is 44.6 Å².